The number of pyridine rings is 1. The first-order chi connectivity index (χ1) is 16.8. The Morgan fingerprint density at radius 1 is 0.382 bits per heavy atom. The summed E-state index contributed by atoms with van der Waals surface area (Å²) in [6, 6.07) is 37.7. The summed E-state index contributed by atoms with van der Waals surface area (Å²) in [5, 5.41) is 0. The SMILES string of the molecule is c1ccc(Oc2cnc(Oc3ccccc3)c(Oc3ccccc3)c2Oc2ccccc2)cc1. The highest BCUT2D eigenvalue weighted by Gasteiger charge is 2.23. The fourth-order valence-corrected chi connectivity index (χ4v) is 3.20. The monoisotopic (exact) mass is 447 g/mol. The first kappa shape index (κ1) is 21.1. The first-order valence-corrected chi connectivity index (χ1v) is 10.8. The van der Waals surface area contributed by atoms with E-state index in [-0.39, 0.29) is 5.88 Å². The lowest BCUT2D eigenvalue weighted by atomic mass is 10.3. The number of rotatable bonds is 8. The van der Waals surface area contributed by atoms with Crippen LogP contribution in [0, 0.1) is 0 Å². The highest BCUT2D eigenvalue weighted by atomic mass is 16.6. The van der Waals surface area contributed by atoms with E-state index in [1.54, 1.807) is 6.20 Å². The van der Waals surface area contributed by atoms with Crippen LogP contribution in [0.25, 0.3) is 0 Å². The Kier molecular flexibility index (Phi) is 6.35. The van der Waals surface area contributed by atoms with Crippen molar-refractivity contribution in [1.29, 1.82) is 0 Å². The molecule has 0 N–H and O–H groups in total. The van der Waals surface area contributed by atoms with Gasteiger partial charge in [-0.3, -0.25) is 0 Å². The quantitative estimate of drug-likeness (QED) is 0.240. The number of para-hydroxylation sites is 4. The van der Waals surface area contributed by atoms with Gasteiger partial charge in [0.1, 0.15) is 23.0 Å². The molecule has 0 saturated heterocycles. The minimum absolute atomic E-state index is 0.251. The third-order valence-electron chi connectivity index (χ3n) is 4.78. The third kappa shape index (κ3) is 5.16. The molecule has 0 spiro atoms. The molecule has 0 aliphatic heterocycles. The van der Waals surface area contributed by atoms with Crippen LogP contribution in [0.4, 0.5) is 0 Å². The summed E-state index contributed by atoms with van der Waals surface area (Å²) < 4.78 is 24.8. The molecule has 0 radical (unpaired) electrons. The zero-order valence-electron chi connectivity index (χ0n) is 18.2. The van der Waals surface area contributed by atoms with Gasteiger partial charge in [-0.1, -0.05) is 72.8 Å². The van der Waals surface area contributed by atoms with Gasteiger partial charge in [-0.05, 0) is 48.5 Å². The molecule has 0 aliphatic carbocycles. The second-order valence-electron chi connectivity index (χ2n) is 7.25. The standard InChI is InChI=1S/C29H21NO4/c1-5-13-22(14-6-1)31-26-21-30-29(34-25-19-11-4-12-20-25)28(33-24-17-9-3-10-18-24)27(26)32-23-15-7-2-8-16-23/h1-21H. The van der Waals surface area contributed by atoms with Gasteiger partial charge >= 0.3 is 0 Å². The van der Waals surface area contributed by atoms with Gasteiger partial charge in [-0.2, -0.15) is 0 Å². The Balaban J connectivity index is 1.63. The molecule has 34 heavy (non-hydrogen) atoms. The maximum atomic E-state index is 6.29. The van der Waals surface area contributed by atoms with Gasteiger partial charge in [-0.25, -0.2) is 4.98 Å². The summed E-state index contributed by atoms with van der Waals surface area (Å²) in [6.07, 6.45) is 1.57. The summed E-state index contributed by atoms with van der Waals surface area (Å²) >= 11 is 0. The van der Waals surface area contributed by atoms with Gasteiger partial charge in [0.25, 0.3) is 5.88 Å². The average molecular weight is 447 g/mol. The smallest absolute Gasteiger partial charge is 0.267 e. The molecule has 0 saturated carbocycles. The van der Waals surface area contributed by atoms with Crippen LogP contribution in [0.1, 0.15) is 0 Å². The fourth-order valence-electron chi connectivity index (χ4n) is 3.20. The van der Waals surface area contributed by atoms with Crippen LogP contribution in [-0.2, 0) is 0 Å². The normalized spacial score (nSPS) is 10.4. The summed E-state index contributed by atoms with van der Waals surface area (Å²) in [5.41, 5.74) is 0. The van der Waals surface area contributed by atoms with E-state index >= 15 is 0 Å². The van der Waals surface area contributed by atoms with E-state index in [1.807, 2.05) is 121 Å². The van der Waals surface area contributed by atoms with Gasteiger partial charge < -0.3 is 18.9 Å². The Morgan fingerprint density at radius 2 is 0.765 bits per heavy atom. The van der Waals surface area contributed by atoms with Crippen LogP contribution in [0.2, 0.25) is 0 Å². The average Bonchev–Trinajstić information content (AvgIpc) is 2.90. The van der Waals surface area contributed by atoms with Crippen LogP contribution in [0.15, 0.2) is 128 Å². The molecular formula is C29H21NO4. The Morgan fingerprint density at radius 3 is 1.24 bits per heavy atom. The summed E-state index contributed by atoms with van der Waals surface area (Å²) in [4.78, 5) is 4.52. The van der Waals surface area contributed by atoms with Crippen molar-refractivity contribution in [2.24, 2.45) is 0 Å². The molecule has 0 atom stereocenters. The van der Waals surface area contributed by atoms with Crippen LogP contribution in [0.3, 0.4) is 0 Å². The number of hydrogen-bond donors (Lipinski definition) is 0. The Labute approximate surface area is 197 Å². The Bertz CT molecular complexity index is 1220. The molecule has 4 aromatic carbocycles. The van der Waals surface area contributed by atoms with E-state index in [4.69, 9.17) is 18.9 Å². The van der Waals surface area contributed by atoms with Gasteiger partial charge in [-0.15, -0.1) is 0 Å². The predicted molar refractivity (Wildman–Crippen MR) is 130 cm³/mol. The van der Waals surface area contributed by atoms with Crippen molar-refractivity contribution in [3.05, 3.63) is 128 Å². The molecule has 0 fully saturated rings. The van der Waals surface area contributed by atoms with Crippen molar-refractivity contribution < 1.29 is 18.9 Å². The van der Waals surface area contributed by atoms with Crippen LogP contribution in [0.5, 0.6) is 46.1 Å². The zero-order valence-corrected chi connectivity index (χ0v) is 18.2. The molecule has 1 aromatic heterocycles. The van der Waals surface area contributed by atoms with Crippen LogP contribution in [-0.4, -0.2) is 4.98 Å². The molecule has 0 bridgehead atoms. The fraction of sp³-hybridized carbons (Fsp3) is 0. The summed E-state index contributed by atoms with van der Waals surface area (Å²) in [5.74, 6) is 3.78. The van der Waals surface area contributed by atoms with Crippen molar-refractivity contribution in [3.8, 4) is 46.1 Å². The number of nitrogens with zero attached hydrogens (tertiary/aromatic N) is 1. The number of hydrogen-bond acceptors (Lipinski definition) is 5. The van der Waals surface area contributed by atoms with E-state index in [1.165, 1.54) is 0 Å². The zero-order chi connectivity index (χ0) is 23.0. The van der Waals surface area contributed by atoms with Crippen molar-refractivity contribution in [2.45, 2.75) is 0 Å². The third-order valence-corrected chi connectivity index (χ3v) is 4.78. The minimum atomic E-state index is 0.251. The van der Waals surface area contributed by atoms with Crippen LogP contribution < -0.4 is 18.9 Å². The summed E-state index contributed by atoms with van der Waals surface area (Å²) in [7, 11) is 0. The largest absolute Gasteiger partial charge is 0.452 e. The van der Waals surface area contributed by atoms with E-state index in [0.717, 1.165) is 0 Å². The maximum Gasteiger partial charge on any atom is 0.267 e. The molecule has 5 rings (SSSR count). The van der Waals surface area contributed by atoms with Crippen molar-refractivity contribution in [1.82, 2.24) is 4.98 Å². The number of ether oxygens (including phenoxy) is 4. The lowest BCUT2D eigenvalue weighted by Crippen LogP contribution is -1.99. The van der Waals surface area contributed by atoms with Gasteiger partial charge in [0, 0.05) is 0 Å². The van der Waals surface area contributed by atoms with Gasteiger partial charge in [0.15, 0.2) is 5.75 Å². The van der Waals surface area contributed by atoms with Crippen LogP contribution >= 0.6 is 0 Å². The minimum Gasteiger partial charge on any atom is -0.452 e. The molecule has 5 nitrogen and oxygen atoms in total. The van der Waals surface area contributed by atoms with Crippen molar-refractivity contribution in [3.63, 3.8) is 0 Å². The number of aromatic nitrogens is 1. The van der Waals surface area contributed by atoms with Gasteiger partial charge in [0.2, 0.25) is 11.5 Å². The van der Waals surface area contributed by atoms with E-state index < -0.39 is 0 Å². The summed E-state index contributed by atoms with van der Waals surface area (Å²) in [6.45, 7) is 0. The molecule has 1 heterocycles. The maximum absolute atomic E-state index is 6.29. The van der Waals surface area contributed by atoms with Crippen molar-refractivity contribution >= 4 is 0 Å². The van der Waals surface area contributed by atoms with Gasteiger partial charge in [0.05, 0.1) is 6.20 Å². The number of benzene rings is 4. The Hall–Kier alpha value is -4.77. The lowest BCUT2D eigenvalue weighted by molar-refractivity contribution is 0.357. The highest BCUT2D eigenvalue weighted by molar-refractivity contribution is 5.59. The highest BCUT2D eigenvalue weighted by Crippen LogP contribution is 2.49. The molecular weight excluding hydrogens is 426 g/mol. The molecule has 0 amide bonds. The molecule has 0 aliphatic rings. The molecule has 166 valence electrons. The van der Waals surface area contributed by atoms with E-state index in [9.17, 15) is 0 Å². The second-order valence-corrected chi connectivity index (χ2v) is 7.25. The topological polar surface area (TPSA) is 49.8 Å². The molecule has 5 aromatic rings. The molecule has 5 heteroatoms. The van der Waals surface area contributed by atoms with E-state index in [0.29, 0.717) is 40.2 Å². The first-order valence-electron chi connectivity index (χ1n) is 10.8. The van der Waals surface area contributed by atoms with E-state index in [2.05, 4.69) is 4.98 Å². The molecule has 0 unspecified atom stereocenters. The van der Waals surface area contributed by atoms with Crippen molar-refractivity contribution in [2.75, 3.05) is 0 Å². The lowest BCUT2D eigenvalue weighted by Gasteiger charge is -2.18. The second kappa shape index (κ2) is 10.2. The predicted octanol–water partition coefficient (Wildman–Crippen LogP) is 8.25.